The zero-order valence-corrected chi connectivity index (χ0v) is 17.1. The Hall–Kier alpha value is -3.84. The van der Waals surface area contributed by atoms with E-state index in [1.165, 1.54) is 4.88 Å². The van der Waals surface area contributed by atoms with Crippen LogP contribution in [-0.4, -0.2) is 30.1 Å². The fourth-order valence-corrected chi connectivity index (χ4v) is 4.09. The molecule has 6 nitrogen and oxygen atoms in total. The van der Waals surface area contributed by atoms with Gasteiger partial charge in [0.1, 0.15) is 5.69 Å². The summed E-state index contributed by atoms with van der Waals surface area (Å²) >= 11 is 1.70. The summed E-state index contributed by atoms with van der Waals surface area (Å²) < 4.78 is 0. The molecular formula is C23H18N6S. The minimum atomic E-state index is 0.792. The fourth-order valence-electron chi connectivity index (χ4n) is 3.34. The van der Waals surface area contributed by atoms with Crippen molar-refractivity contribution in [3.8, 4) is 21.8 Å². The second-order valence-corrected chi connectivity index (χ2v) is 7.83. The van der Waals surface area contributed by atoms with Gasteiger partial charge < -0.3 is 4.98 Å². The Labute approximate surface area is 176 Å². The third-order valence-corrected chi connectivity index (χ3v) is 5.86. The maximum atomic E-state index is 4.50. The topological polar surface area (TPSA) is 83.1 Å². The third-order valence-electron chi connectivity index (χ3n) is 4.95. The molecule has 5 aromatic heterocycles. The predicted molar refractivity (Wildman–Crippen MR) is 122 cm³/mol. The molecule has 0 amide bonds. The molecule has 0 saturated carbocycles. The van der Waals surface area contributed by atoms with E-state index in [0.29, 0.717) is 0 Å². The van der Waals surface area contributed by atoms with Crippen molar-refractivity contribution in [2.24, 2.45) is 0 Å². The summed E-state index contributed by atoms with van der Waals surface area (Å²) in [7, 11) is 0. The van der Waals surface area contributed by atoms with Gasteiger partial charge in [-0.2, -0.15) is 5.10 Å². The standard InChI is InChI=1S/C23H18N6S/c1-14(20-12-24-7-8-26-20)5-6-18-15(2)23(29-28-18)19-10-16-17(22-4-3-9-30-22)11-25-13-21(16)27-19/h3-13,27-28H,2H2,1H3/b14-5+,18-6+. The van der Waals surface area contributed by atoms with Gasteiger partial charge in [0, 0.05) is 39.6 Å². The van der Waals surface area contributed by atoms with Gasteiger partial charge in [0.15, 0.2) is 0 Å². The summed E-state index contributed by atoms with van der Waals surface area (Å²) in [6, 6.07) is 6.27. The molecule has 0 spiro atoms. The van der Waals surface area contributed by atoms with Crippen molar-refractivity contribution < 1.29 is 0 Å². The van der Waals surface area contributed by atoms with Crippen molar-refractivity contribution in [3.05, 3.63) is 76.9 Å². The van der Waals surface area contributed by atoms with E-state index in [2.05, 4.69) is 54.2 Å². The van der Waals surface area contributed by atoms with Gasteiger partial charge in [-0.15, -0.1) is 11.3 Å². The second kappa shape index (κ2) is 7.53. The molecule has 0 radical (unpaired) electrons. The SMILES string of the molecule is C=c1c(-c2cc3c(-c4cccs4)cncc3[nH]2)n[nH]/c1=C/C=C(\C)c1cnccn1. The van der Waals surface area contributed by atoms with Gasteiger partial charge in [-0.05, 0) is 36.1 Å². The van der Waals surface area contributed by atoms with Crippen LogP contribution in [-0.2, 0) is 0 Å². The predicted octanol–water partition coefficient (Wildman–Crippen LogP) is 3.77. The highest BCUT2D eigenvalue weighted by molar-refractivity contribution is 7.13. The lowest BCUT2D eigenvalue weighted by Crippen LogP contribution is -2.21. The number of hydrogen-bond acceptors (Lipinski definition) is 5. The van der Waals surface area contributed by atoms with Crippen LogP contribution in [0.1, 0.15) is 12.6 Å². The van der Waals surface area contributed by atoms with E-state index in [9.17, 15) is 0 Å². The number of aromatic amines is 2. The van der Waals surface area contributed by atoms with Gasteiger partial charge >= 0.3 is 0 Å². The number of thiophene rings is 1. The maximum absolute atomic E-state index is 4.50. The maximum Gasteiger partial charge on any atom is 0.116 e. The molecule has 0 atom stereocenters. The van der Waals surface area contributed by atoms with E-state index in [1.807, 2.05) is 37.5 Å². The van der Waals surface area contributed by atoms with Crippen molar-refractivity contribution in [2.75, 3.05) is 0 Å². The number of allylic oxidation sites excluding steroid dienone is 2. The summed E-state index contributed by atoms with van der Waals surface area (Å²) in [6.07, 6.45) is 12.8. The van der Waals surface area contributed by atoms with Crippen LogP contribution in [0.15, 0.2) is 60.6 Å². The number of nitrogens with one attached hydrogen (secondary N) is 2. The molecule has 0 fully saturated rings. The Balaban J connectivity index is 1.55. The van der Waals surface area contributed by atoms with Crippen molar-refractivity contribution in [1.82, 2.24) is 30.1 Å². The molecule has 5 rings (SSSR count). The smallest absolute Gasteiger partial charge is 0.116 e. The Morgan fingerprint density at radius 1 is 1.17 bits per heavy atom. The summed E-state index contributed by atoms with van der Waals surface area (Å²) in [5.74, 6) is 0. The summed E-state index contributed by atoms with van der Waals surface area (Å²) in [4.78, 5) is 17.4. The molecule has 0 unspecified atom stereocenters. The first-order chi connectivity index (χ1) is 14.7. The van der Waals surface area contributed by atoms with Crippen molar-refractivity contribution >= 4 is 40.5 Å². The van der Waals surface area contributed by atoms with Gasteiger partial charge in [0.25, 0.3) is 0 Å². The quantitative estimate of drug-likeness (QED) is 0.472. The molecular weight excluding hydrogens is 392 g/mol. The third kappa shape index (κ3) is 3.25. The highest BCUT2D eigenvalue weighted by atomic mass is 32.1. The normalized spacial score (nSPS) is 12.7. The molecule has 0 saturated heterocycles. The number of H-pyrrole nitrogens is 2. The van der Waals surface area contributed by atoms with Crippen LogP contribution in [0.3, 0.4) is 0 Å². The molecule has 0 aliphatic carbocycles. The Morgan fingerprint density at radius 3 is 2.90 bits per heavy atom. The van der Waals surface area contributed by atoms with Crippen LogP contribution < -0.4 is 10.6 Å². The zero-order chi connectivity index (χ0) is 20.5. The largest absolute Gasteiger partial charge is 0.352 e. The minimum Gasteiger partial charge on any atom is -0.352 e. The Morgan fingerprint density at radius 2 is 2.10 bits per heavy atom. The van der Waals surface area contributed by atoms with E-state index in [-0.39, 0.29) is 0 Å². The lowest BCUT2D eigenvalue weighted by Gasteiger charge is -1.98. The van der Waals surface area contributed by atoms with Gasteiger partial charge in [-0.25, -0.2) is 0 Å². The van der Waals surface area contributed by atoms with Gasteiger partial charge in [0.05, 0.1) is 34.6 Å². The van der Waals surface area contributed by atoms with Gasteiger partial charge in [-0.1, -0.05) is 18.7 Å². The van der Waals surface area contributed by atoms with Gasteiger partial charge in [-0.3, -0.25) is 20.1 Å². The van der Waals surface area contributed by atoms with E-state index in [0.717, 1.165) is 49.7 Å². The number of pyridine rings is 1. The Bertz CT molecular complexity index is 1460. The minimum absolute atomic E-state index is 0.792. The van der Waals surface area contributed by atoms with Crippen molar-refractivity contribution in [2.45, 2.75) is 6.92 Å². The molecule has 5 heterocycles. The summed E-state index contributed by atoms with van der Waals surface area (Å²) in [6.45, 7) is 6.23. The fraction of sp³-hybridized carbons (Fsp3) is 0.0435. The first-order valence-electron chi connectivity index (χ1n) is 9.40. The molecule has 0 aromatic carbocycles. The first kappa shape index (κ1) is 18.2. The molecule has 30 heavy (non-hydrogen) atoms. The highest BCUT2D eigenvalue weighted by Gasteiger charge is 2.12. The van der Waals surface area contributed by atoms with E-state index in [1.54, 1.807) is 29.9 Å². The van der Waals surface area contributed by atoms with E-state index < -0.39 is 0 Å². The molecule has 0 aliphatic rings. The molecule has 2 N–H and O–H groups in total. The highest BCUT2D eigenvalue weighted by Crippen LogP contribution is 2.32. The lowest BCUT2D eigenvalue weighted by molar-refractivity contribution is 1.06. The lowest BCUT2D eigenvalue weighted by atomic mass is 10.1. The zero-order valence-electron chi connectivity index (χ0n) is 16.3. The van der Waals surface area contributed by atoms with E-state index >= 15 is 0 Å². The van der Waals surface area contributed by atoms with E-state index in [4.69, 9.17) is 0 Å². The molecule has 0 bridgehead atoms. The van der Waals surface area contributed by atoms with Crippen molar-refractivity contribution in [1.29, 1.82) is 0 Å². The second-order valence-electron chi connectivity index (χ2n) is 6.88. The number of rotatable bonds is 4. The monoisotopic (exact) mass is 410 g/mol. The van der Waals surface area contributed by atoms with Crippen LogP contribution >= 0.6 is 11.3 Å². The number of aromatic nitrogens is 6. The van der Waals surface area contributed by atoms with Crippen molar-refractivity contribution in [3.63, 3.8) is 0 Å². The van der Waals surface area contributed by atoms with Crippen LogP contribution in [0.2, 0.25) is 0 Å². The summed E-state index contributed by atoms with van der Waals surface area (Å²) in [5, 5.41) is 12.5. The Kier molecular flexibility index (Phi) is 4.57. The number of fused-ring (bicyclic) bond motifs is 1. The van der Waals surface area contributed by atoms with Crippen LogP contribution in [0.25, 0.3) is 51.0 Å². The summed E-state index contributed by atoms with van der Waals surface area (Å²) in [5.41, 5.74) is 5.63. The molecule has 0 aliphatic heterocycles. The average molecular weight is 411 g/mol. The average Bonchev–Trinajstić information content (AvgIpc) is 3.52. The van der Waals surface area contributed by atoms with Crippen LogP contribution in [0.5, 0.6) is 0 Å². The molecule has 7 heteroatoms. The molecule has 146 valence electrons. The first-order valence-corrected chi connectivity index (χ1v) is 10.3. The molecule has 5 aromatic rings. The number of hydrogen-bond donors (Lipinski definition) is 2. The van der Waals surface area contributed by atoms with Crippen LogP contribution in [0.4, 0.5) is 0 Å². The van der Waals surface area contributed by atoms with Crippen LogP contribution in [0, 0.1) is 0 Å². The van der Waals surface area contributed by atoms with Gasteiger partial charge in [0.2, 0.25) is 0 Å². The number of nitrogens with zero attached hydrogens (tertiary/aromatic N) is 4.